The Morgan fingerprint density at radius 3 is 2.68 bits per heavy atom. The first kappa shape index (κ1) is 16.1. The van der Waals surface area contributed by atoms with E-state index in [2.05, 4.69) is 16.3 Å². The third-order valence-electron chi connectivity index (χ3n) is 2.66. The van der Waals surface area contributed by atoms with Gasteiger partial charge in [-0.25, -0.2) is 4.39 Å². The van der Waals surface area contributed by atoms with Crippen molar-refractivity contribution in [2.75, 3.05) is 0 Å². The van der Waals surface area contributed by atoms with Gasteiger partial charge in [-0.3, -0.25) is 4.98 Å². The van der Waals surface area contributed by atoms with E-state index in [4.69, 9.17) is 0 Å². The van der Waals surface area contributed by atoms with Gasteiger partial charge in [-0.15, -0.1) is 11.3 Å². The van der Waals surface area contributed by atoms with Gasteiger partial charge < -0.3 is 4.55 Å². The monoisotopic (exact) mass is 284 g/mol. The highest BCUT2D eigenvalue weighted by Crippen LogP contribution is 2.23. The molecule has 106 valence electrons. The molecule has 19 heavy (non-hydrogen) atoms. The van der Waals surface area contributed by atoms with E-state index in [1.54, 1.807) is 19.2 Å². The maximum absolute atomic E-state index is 13.6. The smallest absolute Gasteiger partial charge is 0.144 e. The molecule has 1 rings (SSSR count). The summed E-state index contributed by atoms with van der Waals surface area (Å²) in [7, 11) is 0. The summed E-state index contributed by atoms with van der Waals surface area (Å²) in [6.45, 7) is 10.9. The highest BCUT2D eigenvalue weighted by molar-refractivity contribution is 7.90. The summed E-state index contributed by atoms with van der Waals surface area (Å²) in [5, 5.41) is 0. The lowest BCUT2D eigenvalue weighted by atomic mass is 10.1. The number of hydrogen-bond acceptors (Lipinski definition) is 3. The first-order valence-electron chi connectivity index (χ1n) is 6.16. The van der Waals surface area contributed by atoms with E-state index in [1.807, 2.05) is 20.8 Å². The molecule has 0 amide bonds. The van der Waals surface area contributed by atoms with Crippen LogP contribution in [0.2, 0.25) is 0 Å². The fourth-order valence-electron chi connectivity index (χ4n) is 1.44. The van der Waals surface area contributed by atoms with Crippen molar-refractivity contribution in [2.24, 2.45) is 0 Å². The molecule has 0 spiro atoms. The lowest BCUT2D eigenvalue weighted by molar-refractivity contribution is 0.521. The van der Waals surface area contributed by atoms with Gasteiger partial charge in [0.25, 0.3) is 0 Å². The SMILES string of the molecule is C=CCC(N[S@+]([O-])C(C)(C)C)c1cnc(C)c(F)c1. The molecule has 1 N–H and O–H groups in total. The number of nitrogens with one attached hydrogen (secondary N) is 1. The lowest BCUT2D eigenvalue weighted by Gasteiger charge is -2.27. The van der Waals surface area contributed by atoms with Crippen LogP contribution in [-0.4, -0.2) is 14.3 Å². The van der Waals surface area contributed by atoms with Gasteiger partial charge in [0.15, 0.2) is 0 Å². The van der Waals surface area contributed by atoms with Crippen LogP contribution in [0.5, 0.6) is 0 Å². The lowest BCUT2D eigenvalue weighted by Crippen LogP contribution is -2.41. The molecule has 1 aromatic heterocycles. The summed E-state index contributed by atoms with van der Waals surface area (Å²) in [4.78, 5) is 4.00. The fraction of sp³-hybridized carbons (Fsp3) is 0.500. The van der Waals surface area contributed by atoms with Gasteiger partial charge in [0.1, 0.15) is 10.6 Å². The minimum absolute atomic E-state index is 0.250. The molecule has 0 saturated carbocycles. The van der Waals surface area contributed by atoms with E-state index in [0.29, 0.717) is 17.7 Å². The number of rotatable bonds is 5. The van der Waals surface area contributed by atoms with Crippen molar-refractivity contribution in [2.45, 2.75) is 44.9 Å². The molecule has 2 atom stereocenters. The predicted octanol–water partition coefficient (Wildman–Crippen LogP) is 3.20. The van der Waals surface area contributed by atoms with Crippen LogP contribution in [0.3, 0.4) is 0 Å². The van der Waals surface area contributed by atoms with Crippen LogP contribution >= 0.6 is 0 Å². The van der Waals surface area contributed by atoms with Gasteiger partial charge in [-0.2, -0.15) is 0 Å². The van der Waals surface area contributed by atoms with Crippen molar-refractivity contribution in [1.82, 2.24) is 9.71 Å². The number of aryl methyl sites for hydroxylation is 1. The molecule has 0 aliphatic rings. The molecule has 0 aliphatic heterocycles. The first-order valence-corrected chi connectivity index (χ1v) is 7.31. The topological polar surface area (TPSA) is 48.0 Å². The minimum atomic E-state index is -1.23. The van der Waals surface area contributed by atoms with E-state index in [1.165, 1.54) is 6.07 Å². The molecule has 0 aromatic carbocycles. The van der Waals surface area contributed by atoms with Gasteiger partial charge in [-0.1, -0.05) is 6.08 Å². The van der Waals surface area contributed by atoms with Crippen LogP contribution < -0.4 is 4.72 Å². The van der Waals surface area contributed by atoms with Gasteiger partial charge in [0, 0.05) is 17.6 Å². The second-order valence-corrected chi connectivity index (χ2v) is 7.41. The fourth-order valence-corrected chi connectivity index (χ4v) is 2.28. The molecule has 0 aliphatic carbocycles. The van der Waals surface area contributed by atoms with E-state index >= 15 is 0 Å². The number of hydrogen-bond donors (Lipinski definition) is 1. The number of aromatic nitrogens is 1. The van der Waals surface area contributed by atoms with Crippen molar-refractivity contribution in [3.8, 4) is 0 Å². The van der Waals surface area contributed by atoms with Crippen LogP contribution in [0.15, 0.2) is 24.9 Å². The first-order chi connectivity index (χ1) is 8.75. The average molecular weight is 284 g/mol. The average Bonchev–Trinajstić information content (AvgIpc) is 2.31. The Morgan fingerprint density at radius 2 is 2.21 bits per heavy atom. The molecule has 0 radical (unpaired) electrons. The summed E-state index contributed by atoms with van der Waals surface area (Å²) in [6, 6.07) is 1.18. The largest absolute Gasteiger partial charge is 0.598 e. The van der Waals surface area contributed by atoms with Crippen LogP contribution in [0.4, 0.5) is 4.39 Å². The molecule has 1 unspecified atom stereocenters. The molecule has 0 bridgehead atoms. The number of pyridine rings is 1. The van der Waals surface area contributed by atoms with Crippen LogP contribution in [0.25, 0.3) is 0 Å². The molecule has 3 nitrogen and oxygen atoms in total. The second kappa shape index (κ2) is 6.50. The van der Waals surface area contributed by atoms with Crippen molar-refractivity contribution < 1.29 is 8.94 Å². The van der Waals surface area contributed by atoms with E-state index < -0.39 is 11.4 Å². The number of halogens is 1. The molecule has 0 saturated heterocycles. The summed E-state index contributed by atoms with van der Waals surface area (Å²) in [5.41, 5.74) is 1.04. The van der Waals surface area contributed by atoms with Crippen LogP contribution in [0.1, 0.15) is 44.5 Å². The Hall–Kier alpha value is -0.910. The van der Waals surface area contributed by atoms with Crippen molar-refractivity contribution in [3.63, 3.8) is 0 Å². The maximum Gasteiger partial charge on any atom is 0.144 e. The third kappa shape index (κ3) is 4.60. The molecule has 1 heterocycles. The van der Waals surface area contributed by atoms with E-state index in [-0.39, 0.29) is 16.6 Å². The van der Waals surface area contributed by atoms with E-state index in [0.717, 1.165) is 0 Å². The summed E-state index contributed by atoms with van der Waals surface area (Å²) in [6.07, 6.45) is 3.89. The maximum atomic E-state index is 13.6. The molecule has 0 fully saturated rings. The molecular formula is C14H21FN2OS. The Morgan fingerprint density at radius 1 is 1.58 bits per heavy atom. The van der Waals surface area contributed by atoms with Crippen molar-refractivity contribution in [1.29, 1.82) is 0 Å². The van der Waals surface area contributed by atoms with Crippen molar-refractivity contribution in [3.05, 3.63) is 42.0 Å². The quantitative estimate of drug-likeness (QED) is 0.667. The van der Waals surface area contributed by atoms with Crippen molar-refractivity contribution >= 4 is 11.4 Å². The minimum Gasteiger partial charge on any atom is -0.598 e. The Balaban J connectivity index is 2.93. The van der Waals surface area contributed by atoms with Crippen LogP contribution in [-0.2, 0) is 11.4 Å². The molecule has 1 aromatic rings. The number of nitrogens with zero attached hydrogens (tertiary/aromatic N) is 1. The summed E-state index contributed by atoms with van der Waals surface area (Å²) in [5.74, 6) is -0.352. The van der Waals surface area contributed by atoms with Gasteiger partial charge >= 0.3 is 0 Å². The zero-order chi connectivity index (χ0) is 14.6. The third-order valence-corrected chi connectivity index (χ3v) is 4.27. The highest BCUT2D eigenvalue weighted by Gasteiger charge is 2.29. The van der Waals surface area contributed by atoms with Gasteiger partial charge in [-0.05, 0) is 45.7 Å². The molecular weight excluding hydrogens is 263 g/mol. The highest BCUT2D eigenvalue weighted by atomic mass is 32.2. The van der Waals surface area contributed by atoms with Gasteiger partial charge in [0.05, 0.1) is 11.7 Å². The normalized spacial score (nSPS) is 15.1. The van der Waals surface area contributed by atoms with Gasteiger partial charge in [0.2, 0.25) is 0 Å². The molecule has 5 heteroatoms. The zero-order valence-electron chi connectivity index (χ0n) is 11.9. The predicted molar refractivity (Wildman–Crippen MR) is 77.5 cm³/mol. The summed E-state index contributed by atoms with van der Waals surface area (Å²) >= 11 is -1.23. The Labute approximate surface area is 117 Å². The standard InChI is InChI=1S/C14H21FN2OS/c1-6-7-13(17-19(18)14(3,4)5)11-8-12(15)10(2)16-9-11/h6,8-9,13,17H,1,7H2,2-5H3/t13?,19-/m1/s1. The Kier molecular flexibility index (Phi) is 5.52. The second-order valence-electron chi connectivity index (χ2n) is 5.41. The summed E-state index contributed by atoms with van der Waals surface area (Å²) < 4.78 is 28.3. The zero-order valence-corrected chi connectivity index (χ0v) is 12.7. The van der Waals surface area contributed by atoms with E-state index in [9.17, 15) is 8.94 Å². The van der Waals surface area contributed by atoms with Crippen LogP contribution in [0, 0.1) is 12.7 Å². The Bertz CT molecular complexity index is 446.